The number of hydrogen-bond acceptors (Lipinski definition) is 5. The lowest BCUT2D eigenvalue weighted by atomic mass is 10.2. The van der Waals surface area contributed by atoms with Crippen molar-refractivity contribution < 1.29 is 21.6 Å². The second kappa shape index (κ2) is 9.49. The van der Waals surface area contributed by atoms with Gasteiger partial charge in [-0.2, -0.15) is 0 Å². The van der Waals surface area contributed by atoms with E-state index < -0.39 is 26.0 Å². The van der Waals surface area contributed by atoms with Gasteiger partial charge in [-0.25, -0.2) is 16.8 Å². The minimum atomic E-state index is -3.80. The molecule has 32 heavy (non-hydrogen) atoms. The zero-order valence-corrected chi connectivity index (χ0v) is 20.4. The first kappa shape index (κ1) is 24.1. The molecule has 8 nitrogen and oxygen atoms in total. The van der Waals surface area contributed by atoms with E-state index in [1.807, 2.05) is 0 Å². The molecule has 0 fully saturated rings. The number of carbonyl (C=O) groups is 1. The van der Waals surface area contributed by atoms with Crippen LogP contribution in [0.5, 0.6) is 0 Å². The largest absolute Gasteiger partial charge is 0.322 e. The van der Waals surface area contributed by atoms with E-state index in [2.05, 4.69) is 30.7 Å². The topological polar surface area (TPSA) is 121 Å². The quantitative estimate of drug-likeness (QED) is 0.393. The van der Waals surface area contributed by atoms with Gasteiger partial charge >= 0.3 is 0 Å². The van der Waals surface area contributed by atoms with Gasteiger partial charge in [-0.1, -0.05) is 27.5 Å². The first-order valence-electron chi connectivity index (χ1n) is 8.90. The molecule has 0 bridgehead atoms. The molecule has 3 aromatic rings. The molecule has 0 saturated carbocycles. The number of halogens is 2. The fourth-order valence-electron chi connectivity index (χ4n) is 2.59. The fourth-order valence-corrected chi connectivity index (χ4v) is 4.78. The van der Waals surface area contributed by atoms with Crippen LogP contribution in [0.25, 0.3) is 0 Å². The lowest BCUT2D eigenvalue weighted by Crippen LogP contribution is -2.14. The van der Waals surface area contributed by atoms with E-state index in [0.29, 0.717) is 11.4 Å². The third-order valence-corrected chi connectivity index (χ3v) is 6.87. The third-order valence-electron chi connectivity index (χ3n) is 4.05. The van der Waals surface area contributed by atoms with Gasteiger partial charge in [0.2, 0.25) is 10.0 Å². The summed E-state index contributed by atoms with van der Waals surface area (Å²) in [5.41, 5.74) is 1.13. The number of sulfonamides is 2. The summed E-state index contributed by atoms with van der Waals surface area (Å²) >= 11 is 9.33. The first-order chi connectivity index (χ1) is 14.9. The van der Waals surface area contributed by atoms with Crippen molar-refractivity contribution in [3.8, 4) is 0 Å². The average molecular weight is 559 g/mol. The molecule has 0 aromatic heterocycles. The Hall–Kier alpha value is -2.60. The maximum atomic E-state index is 12.5. The Morgan fingerprint density at radius 2 is 1.44 bits per heavy atom. The van der Waals surface area contributed by atoms with E-state index in [1.165, 1.54) is 42.5 Å². The molecule has 3 aromatic carbocycles. The van der Waals surface area contributed by atoms with Gasteiger partial charge in [-0.15, -0.1) is 0 Å². The summed E-state index contributed by atoms with van der Waals surface area (Å²) in [4.78, 5) is 12.5. The predicted octanol–water partition coefficient (Wildman–Crippen LogP) is 4.53. The van der Waals surface area contributed by atoms with Gasteiger partial charge in [0, 0.05) is 21.4 Å². The van der Waals surface area contributed by atoms with Gasteiger partial charge in [0.1, 0.15) is 0 Å². The molecular formula is C20H17BrClN3O5S2. The number of anilines is 3. The molecule has 1 amide bonds. The Morgan fingerprint density at radius 1 is 0.844 bits per heavy atom. The number of rotatable bonds is 7. The summed E-state index contributed by atoms with van der Waals surface area (Å²) in [7, 11) is -7.31. The molecule has 0 aliphatic heterocycles. The third kappa shape index (κ3) is 6.45. The van der Waals surface area contributed by atoms with Gasteiger partial charge in [0.05, 0.1) is 21.9 Å². The Morgan fingerprint density at radius 3 is 2.00 bits per heavy atom. The Balaban J connectivity index is 1.70. The highest BCUT2D eigenvalue weighted by Gasteiger charge is 2.15. The molecular weight excluding hydrogens is 542 g/mol. The lowest BCUT2D eigenvalue weighted by Gasteiger charge is -2.11. The molecule has 0 radical (unpaired) electrons. The highest BCUT2D eigenvalue weighted by Crippen LogP contribution is 2.25. The highest BCUT2D eigenvalue weighted by molar-refractivity contribution is 9.10. The Labute approximate surface area is 199 Å². The number of benzene rings is 3. The lowest BCUT2D eigenvalue weighted by molar-refractivity contribution is 0.102. The van der Waals surface area contributed by atoms with Crippen LogP contribution < -0.4 is 14.8 Å². The molecule has 0 saturated heterocycles. The summed E-state index contributed by atoms with van der Waals surface area (Å²) in [5.74, 6) is -0.499. The maximum Gasteiger partial charge on any atom is 0.261 e. The van der Waals surface area contributed by atoms with Crippen molar-refractivity contribution in [3.05, 3.63) is 81.8 Å². The van der Waals surface area contributed by atoms with E-state index >= 15 is 0 Å². The van der Waals surface area contributed by atoms with Crippen LogP contribution in [0.1, 0.15) is 10.4 Å². The van der Waals surface area contributed by atoms with Crippen LogP contribution in [0.15, 0.2) is 76.1 Å². The van der Waals surface area contributed by atoms with Crippen LogP contribution in [0.3, 0.4) is 0 Å². The van der Waals surface area contributed by atoms with Crippen LogP contribution in [0, 0.1) is 0 Å². The Bertz CT molecular complexity index is 1360. The van der Waals surface area contributed by atoms with Gasteiger partial charge in [0.15, 0.2) is 0 Å². The van der Waals surface area contributed by atoms with Crippen LogP contribution in [-0.2, 0) is 20.0 Å². The Kier molecular flexibility index (Phi) is 7.13. The zero-order valence-electron chi connectivity index (χ0n) is 16.5. The van der Waals surface area contributed by atoms with Crippen LogP contribution in [0.4, 0.5) is 17.1 Å². The molecule has 0 atom stereocenters. The van der Waals surface area contributed by atoms with E-state index in [0.717, 1.165) is 10.7 Å². The van der Waals surface area contributed by atoms with E-state index in [-0.39, 0.29) is 21.2 Å². The minimum absolute atomic E-state index is 0.0256. The molecule has 3 N–H and O–H groups in total. The van der Waals surface area contributed by atoms with Crippen molar-refractivity contribution in [2.24, 2.45) is 0 Å². The number of nitrogens with one attached hydrogen (secondary N) is 3. The number of carbonyl (C=O) groups excluding carboxylic acids is 1. The van der Waals surface area contributed by atoms with E-state index in [4.69, 9.17) is 11.6 Å². The van der Waals surface area contributed by atoms with E-state index in [9.17, 15) is 21.6 Å². The van der Waals surface area contributed by atoms with Crippen LogP contribution in [-0.4, -0.2) is 29.0 Å². The van der Waals surface area contributed by atoms with Crippen molar-refractivity contribution in [2.75, 3.05) is 21.0 Å². The van der Waals surface area contributed by atoms with Crippen molar-refractivity contribution in [1.82, 2.24) is 0 Å². The molecule has 0 aliphatic carbocycles. The monoisotopic (exact) mass is 557 g/mol. The average Bonchev–Trinajstić information content (AvgIpc) is 2.70. The summed E-state index contributed by atoms with van der Waals surface area (Å²) in [6.45, 7) is 0. The zero-order chi connectivity index (χ0) is 23.5. The predicted molar refractivity (Wildman–Crippen MR) is 129 cm³/mol. The molecule has 0 heterocycles. The fraction of sp³-hybridized carbons (Fsp3) is 0.0500. The smallest absolute Gasteiger partial charge is 0.261 e. The molecule has 168 valence electrons. The first-order valence-corrected chi connectivity index (χ1v) is 13.4. The van der Waals surface area contributed by atoms with Crippen LogP contribution in [0.2, 0.25) is 5.02 Å². The molecule has 12 heteroatoms. The summed E-state index contributed by atoms with van der Waals surface area (Å²) in [5, 5.41) is 2.69. The van der Waals surface area contributed by atoms with Gasteiger partial charge in [0.25, 0.3) is 15.9 Å². The molecule has 0 unspecified atom stereocenters. The summed E-state index contributed by atoms with van der Waals surface area (Å²) in [6.07, 6.45) is 0.988. The summed E-state index contributed by atoms with van der Waals surface area (Å²) in [6, 6.07) is 16.4. The van der Waals surface area contributed by atoms with Crippen molar-refractivity contribution in [1.29, 1.82) is 0 Å². The van der Waals surface area contributed by atoms with Crippen molar-refractivity contribution >= 4 is 70.5 Å². The highest BCUT2D eigenvalue weighted by atomic mass is 79.9. The molecule has 3 rings (SSSR count). The number of amides is 1. The molecule has 0 spiro atoms. The second-order valence-electron chi connectivity index (χ2n) is 6.66. The van der Waals surface area contributed by atoms with Crippen molar-refractivity contribution in [3.63, 3.8) is 0 Å². The van der Waals surface area contributed by atoms with E-state index in [1.54, 1.807) is 24.3 Å². The normalized spacial score (nSPS) is 11.6. The van der Waals surface area contributed by atoms with Gasteiger partial charge in [-0.05, 0) is 66.7 Å². The standard InChI is InChI=1S/C20H17BrClN3O5S2/c1-31(27,28)25-19-11-2-13(12-18(19)22)20(26)23-15-7-9-17(10-8-15)32(29,30)24-16-5-3-14(21)4-6-16/h2-12,24-25H,1H3,(H,23,26). The maximum absolute atomic E-state index is 12.5. The van der Waals surface area contributed by atoms with Gasteiger partial charge < -0.3 is 5.32 Å². The second-order valence-corrected chi connectivity index (χ2v) is 11.4. The van der Waals surface area contributed by atoms with Gasteiger partial charge in [-0.3, -0.25) is 14.2 Å². The summed E-state index contributed by atoms with van der Waals surface area (Å²) < 4.78 is 53.3. The SMILES string of the molecule is CS(=O)(=O)Nc1ccc(C(=O)Nc2ccc(S(=O)(=O)Nc3ccc(Br)cc3)cc2)cc1Cl. The number of hydrogen-bond donors (Lipinski definition) is 3. The van der Waals surface area contributed by atoms with Crippen LogP contribution >= 0.6 is 27.5 Å². The molecule has 0 aliphatic rings. The van der Waals surface area contributed by atoms with Crippen molar-refractivity contribution in [2.45, 2.75) is 4.90 Å². The minimum Gasteiger partial charge on any atom is -0.322 e.